The Morgan fingerprint density at radius 2 is 2.24 bits per heavy atom. The average molecular weight is 327 g/mol. The van der Waals surface area contributed by atoms with Crippen molar-refractivity contribution >= 4 is 27.3 Å². The number of hydrogen-bond donors (Lipinski definition) is 1. The maximum atomic E-state index is 12.7. The van der Waals surface area contributed by atoms with E-state index in [1.54, 1.807) is 11.4 Å². The highest BCUT2D eigenvalue weighted by atomic mass is 32.2. The zero-order valence-electron chi connectivity index (χ0n) is 11.1. The maximum Gasteiger partial charge on any atom is 0.326 e. The molecule has 0 saturated heterocycles. The van der Waals surface area contributed by atoms with Crippen LogP contribution in [0.2, 0.25) is 0 Å². The van der Waals surface area contributed by atoms with Crippen LogP contribution in [0.25, 0.3) is 0 Å². The Morgan fingerprint density at radius 1 is 1.48 bits per heavy atom. The smallest absolute Gasteiger partial charge is 0.326 e. The minimum absolute atomic E-state index is 0.00701. The highest BCUT2D eigenvalue weighted by Crippen LogP contribution is 2.36. The van der Waals surface area contributed by atoms with Crippen molar-refractivity contribution in [3.63, 3.8) is 0 Å². The van der Waals surface area contributed by atoms with Gasteiger partial charge in [0.2, 0.25) is 0 Å². The Balaban J connectivity index is 2.10. The molecule has 1 atom stereocenters. The highest BCUT2D eigenvalue weighted by Gasteiger charge is 2.42. The molecule has 1 aliphatic rings. The van der Waals surface area contributed by atoms with Crippen molar-refractivity contribution in [3.05, 3.63) is 34.2 Å². The van der Waals surface area contributed by atoms with Gasteiger partial charge in [-0.2, -0.15) is 9.40 Å². The number of rotatable bonds is 3. The molecule has 2 aromatic rings. The van der Waals surface area contributed by atoms with Gasteiger partial charge in [0.25, 0.3) is 10.0 Å². The van der Waals surface area contributed by atoms with Crippen LogP contribution in [-0.2, 0) is 28.3 Å². The molecule has 3 rings (SSSR count). The Kier molecular flexibility index (Phi) is 3.34. The quantitative estimate of drug-likeness (QED) is 0.902. The minimum atomic E-state index is -3.91. The van der Waals surface area contributed by atoms with Crippen LogP contribution >= 0.6 is 11.3 Å². The molecule has 3 heterocycles. The predicted octanol–water partition coefficient (Wildman–Crippen LogP) is 0.854. The third-order valence-corrected chi connectivity index (χ3v) is 6.44. The second-order valence-electron chi connectivity index (χ2n) is 4.70. The number of nitrogens with zero attached hydrogens (tertiary/aromatic N) is 3. The molecule has 112 valence electrons. The Hall–Kier alpha value is -1.71. The molecule has 0 saturated carbocycles. The van der Waals surface area contributed by atoms with Gasteiger partial charge in [-0.3, -0.25) is 9.48 Å². The molecule has 2 aromatic heterocycles. The normalized spacial score (nSPS) is 19.4. The number of sulfonamides is 1. The van der Waals surface area contributed by atoms with Crippen LogP contribution < -0.4 is 0 Å². The van der Waals surface area contributed by atoms with E-state index in [4.69, 9.17) is 0 Å². The van der Waals surface area contributed by atoms with E-state index in [9.17, 15) is 18.3 Å². The van der Waals surface area contributed by atoms with Crippen LogP contribution in [0.3, 0.4) is 0 Å². The zero-order chi connectivity index (χ0) is 15.2. The predicted molar refractivity (Wildman–Crippen MR) is 75.5 cm³/mol. The van der Waals surface area contributed by atoms with Crippen molar-refractivity contribution < 1.29 is 18.3 Å². The lowest BCUT2D eigenvalue weighted by atomic mass is 10.0. The van der Waals surface area contributed by atoms with Crippen LogP contribution in [0.15, 0.2) is 28.7 Å². The van der Waals surface area contributed by atoms with E-state index in [1.807, 2.05) is 0 Å². The molecule has 0 aromatic carbocycles. The standard InChI is InChI=1S/C12H13N3O4S2/c1-14-10(2-5-13-14)21(18,19)15-6-3-9-8(4-7-20-9)11(15)12(16)17/h2,4-5,7,11H,3,6H2,1H3,(H,16,17). The van der Waals surface area contributed by atoms with Crippen LogP contribution in [0.1, 0.15) is 16.5 Å². The lowest BCUT2D eigenvalue weighted by Gasteiger charge is -2.31. The van der Waals surface area contributed by atoms with E-state index in [1.165, 1.54) is 35.3 Å². The topological polar surface area (TPSA) is 92.5 Å². The summed E-state index contributed by atoms with van der Waals surface area (Å²) in [5, 5.41) is 15.1. The van der Waals surface area contributed by atoms with E-state index in [0.29, 0.717) is 12.0 Å². The lowest BCUT2D eigenvalue weighted by molar-refractivity contribution is -0.142. The summed E-state index contributed by atoms with van der Waals surface area (Å²) >= 11 is 1.46. The molecule has 9 heteroatoms. The third-order valence-electron chi connectivity index (χ3n) is 3.50. The second kappa shape index (κ2) is 4.93. The summed E-state index contributed by atoms with van der Waals surface area (Å²) in [7, 11) is -2.39. The van der Waals surface area contributed by atoms with Crippen molar-refractivity contribution in [2.45, 2.75) is 17.5 Å². The van der Waals surface area contributed by atoms with Gasteiger partial charge in [-0.15, -0.1) is 11.3 Å². The van der Waals surface area contributed by atoms with Crippen molar-refractivity contribution in [2.24, 2.45) is 7.05 Å². The summed E-state index contributed by atoms with van der Waals surface area (Å²) in [6, 6.07) is 1.88. The maximum absolute atomic E-state index is 12.7. The molecule has 1 unspecified atom stereocenters. The SMILES string of the molecule is Cn1nccc1S(=O)(=O)N1CCc2sccc2C1C(=O)O. The summed E-state index contributed by atoms with van der Waals surface area (Å²) in [6.07, 6.45) is 1.90. The number of carbonyl (C=O) groups is 1. The first-order valence-corrected chi connectivity index (χ1v) is 8.54. The van der Waals surface area contributed by atoms with Crippen LogP contribution in [0.5, 0.6) is 0 Å². The van der Waals surface area contributed by atoms with Crippen LogP contribution in [-0.4, -0.2) is 40.1 Å². The monoisotopic (exact) mass is 327 g/mol. The van der Waals surface area contributed by atoms with Gasteiger partial charge in [-0.1, -0.05) is 0 Å². The van der Waals surface area contributed by atoms with Gasteiger partial charge in [0.05, 0.1) is 6.20 Å². The largest absolute Gasteiger partial charge is 0.480 e. The number of carboxylic acids is 1. The van der Waals surface area contributed by atoms with E-state index in [-0.39, 0.29) is 11.6 Å². The second-order valence-corrected chi connectivity index (χ2v) is 7.54. The summed E-state index contributed by atoms with van der Waals surface area (Å²) < 4.78 is 27.7. The Bertz CT molecular complexity index is 793. The van der Waals surface area contributed by atoms with E-state index in [0.717, 1.165) is 9.18 Å². The van der Waals surface area contributed by atoms with Gasteiger partial charge in [0, 0.05) is 18.5 Å². The number of aliphatic carboxylic acids is 1. The molecule has 0 aliphatic carbocycles. The summed E-state index contributed by atoms with van der Waals surface area (Å²) in [6.45, 7) is 0.151. The summed E-state index contributed by atoms with van der Waals surface area (Å²) in [5.74, 6) is -1.17. The van der Waals surface area contributed by atoms with Crippen molar-refractivity contribution in [1.29, 1.82) is 0 Å². The summed E-state index contributed by atoms with van der Waals surface area (Å²) in [4.78, 5) is 12.5. The van der Waals surface area contributed by atoms with Gasteiger partial charge >= 0.3 is 5.97 Å². The molecule has 0 fully saturated rings. The van der Waals surface area contributed by atoms with Crippen LogP contribution in [0.4, 0.5) is 0 Å². The zero-order valence-corrected chi connectivity index (χ0v) is 12.8. The van der Waals surface area contributed by atoms with Crippen molar-refractivity contribution in [1.82, 2.24) is 14.1 Å². The fourth-order valence-corrected chi connectivity index (χ4v) is 5.11. The fourth-order valence-electron chi connectivity index (χ4n) is 2.54. The Labute approximate surface area is 125 Å². The number of fused-ring (bicyclic) bond motifs is 1. The van der Waals surface area contributed by atoms with Gasteiger partial charge in [0.1, 0.15) is 6.04 Å². The third kappa shape index (κ3) is 2.17. The first kappa shape index (κ1) is 14.2. The number of aryl methyl sites for hydroxylation is 1. The molecule has 7 nitrogen and oxygen atoms in total. The van der Waals surface area contributed by atoms with Gasteiger partial charge in [-0.05, 0) is 29.5 Å². The molecular formula is C12H13N3O4S2. The first-order valence-electron chi connectivity index (χ1n) is 6.22. The fraction of sp³-hybridized carbons (Fsp3) is 0.333. The number of carboxylic acid groups (broad SMARTS) is 1. The minimum Gasteiger partial charge on any atom is -0.480 e. The molecular weight excluding hydrogens is 314 g/mol. The van der Waals surface area contributed by atoms with E-state index >= 15 is 0 Å². The lowest BCUT2D eigenvalue weighted by Crippen LogP contribution is -2.43. The number of aromatic nitrogens is 2. The van der Waals surface area contributed by atoms with Gasteiger partial charge < -0.3 is 5.11 Å². The Morgan fingerprint density at radius 3 is 2.86 bits per heavy atom. The first-order chi connectivity index (χ1) is 9.93. The van der Waals surface area contributed by atoms with E-state index in [2.05, 4.69) is 5.10 Å². The molecule has 21 heavy (non-hydrogen) atoms. The molecule has 0 radical (unpaired) electrons. The molecule has 0 spiro atoms. The number of hydrogen-bond acceptors (Lipinski definition) is 5. The average Bonchev–Trinajstić information content (AvgIpc) is 3.05. The van der Waals surface area contributed by atoms with Gasteiger partial charge in [0.15, 0.2) is 5.03 Å². The van der Waals surface area contributed by atoms with Crippen molar-refractivity contribution in [2.75, 3.05) is 6.54 Å². The van der Waals surface area contributed by atoms with E-state index < -0.39 is 22.0 Å². The summed E-state index contributed by atoms with van der Waals surface area (Å²) in [5.41, 5.74) is 0.560. The number of thiophene rings is 1. The molecule has 1 aliphatic heterocycles. The van der Waals surface area contributed by atoms with Crippen LogP contribution in [0, 0.1) is 0 Å². The molecule has 0 amide bonds. The molecule has 1 N–H and O–H groups in total. The van der Waals surface area contributed by atoms with Gasteiger partial charge in [-0.25, -0.2) is 8.42 Å². The highest BCUT2D eigenvalue weighted by molar-refractivity contribution is 7.89. The van der Waals surface area contributed by atoms with Crippen molar-refractivity contribution in [3.8, 4) is 0 Å². The molecule has 0 bridgehead atoms.